The number of thioether (sulfide) groups is 1. The molecule has 0 aliphatic carbocycles. The van der Waals surface area contributed by atoms with Gasteiger partial charge in [0.15, 0.2) is 0 Å². The van der Waals surface area contributed by atoms with Crippen LogP contribution < -0.4 is 10.6 Å². The normalized spacial score (nSPS) is 19.9. The Kier molecular flexibility index (Phi) is 5.40. The van der Waals surface area contributed by atoms with Gasteiger partial charge in [-0.05, 0) is 24.6 Å². The standard InChI is InChI=1S/C19H20N2O3S/c1-2-24-16(22)12-21-14-10-6-7-11-15(14)25-18(17(20)19(21)23)13-8-4-3-5-9-13/h3-11,17-18H,2,12,20H2,1H3/t17-,18+/m0/s1. The molecule has 1 heterocycles. The minimum atomic E-state index is -0.755. The lowest BCUT2D eigenvalue weighted by atomic mass is 10.0. The van der Waals surface area contributed by atoms with Crippen LogP contribution in [0, 0.1) is 0 Å². The largest absolute Gasteiger partial charge is 0.465 e. The molecule has 2 N–H and O–H groups in total. The second-order valence-corrected chi connectivity index (χ2v) is 6.86. The summed E-state index contributed by atoms with van der Waals surface area (Å²) in [6, 6.07) is 16.5. The first kappa shape index (κ1) is 17.5. The van der Waals surface area contributed by atoms with Crippen molar-refractivity contribution < 1.29 is 14.3 Å². The van der Waals surface area contributed by atoms with Crippen molar-refractivity contribution in [2.75, 3.05) is 18.1 Å². The molecule has 2 aromatic rings. The molecule has 5 nitrogen and oxygen atoms in total. The number of benzene rings is 2. The fraction of sp³-hybridized carbons (Fsp3) is 0.263. The maximum Gasteiger partial charge on any atom is 0.326 e. The Hall–Kier alpha value is -2.31. The number of nitrogens with zero attached hydrogens (tertiary/aromatic N) is 1. The van der Waals surface area contributed by atoms with Crippen LogP contribution in [0.25, 0.3) is 0 Å². The minimum absolute atomic E-state index is 0.139. The van der Waals surface area contributed by atoms with E-state index in [1.54, 1.807) is 18.7 Å². The van der Waals surface area contributed by atoms with E-state index >= 15 is 0 Å². The lowest BCUT2D eigenvalue weighted by Crippen LogP contribution is -2.47. The van der Waals surface area contributed by atoms with Gasteiger partial charge in [-0.2, -0.15) is 0 Å². The summed E-state index contributed by atoms with van der Waals surface area (Å²) in [7, 11) is 0. The number of carbonyl (C=O) groups is 2. The summed E-state index contributed by atoms with van der Waals surface area (Å²) in [5, 5.41) is -0.220. The molecular weight excluding hydrogens is 336 g/mol. The van der Waals surface area contributed by atoms with E-state index in [1.165, 1.54) is 4.90 Å². The minimum Gasteiger partial charge on any atom is -0.465 e. The van der Waals surface area contributed by atoms with Crippen molar-refractivity contribution in [3.05, 3.63) is 60.2 Å². The topological polar surface area (TPSA) is 72.6 Å². The van der Waals surface area contributed by atoms with Crippen molar-refractivity contribution in [1.29, 1.82) is 0 Å². The Bertz CT molecular complexity index is 766. The molecule has 1 aliphatic rings. The van der Waals surface area contributed by atoms with Crippen molar-refractivity contribution in [2.24, 2.45) is 5.73 Å². The van der Waals surface area contributed by atoms with Crippen LogP contribution in [0.15, 0.2) is 59.5 Å². The Morgan fingerprint density at radius 3 is 2.56 bits per heavy atom. The van der Waals surface area contributed by atoms with E-state index in [-0.39, 0.29) is 24.3 Å². The fourth-order valence-corrected chi connectivity index (χ4v) is 4.12. The van der Waals surface area contributed by atoms with Gasteiger partial charge in [0.2, 0.25) is 5.91 Å². The van der Waals surface area contributed by atoms with Crippen LogP contribution in [0.2, 0.25) is 0 Å². The molecule has 0 aromatic heterocycles. The van der Waals surface area contributed by atoms with E-state index in [0.29, 0.717) is 5.69 Å². The molecule has 2 aromatic carbocycles. The van der Waals surface area contributed by atoms with E-state index in [1.807, 2.05) is 54.6 Å². The lowest BCUT2D eigenvalue weighted by molar-refractivity contribution is -0.142. The molecule has 2 atom stereocenters. The SMILES string of the molecule is CCOC(=O)CN1C(=O)[C@@H](N)[C@@H](c2ccccc2)Sc2ccccc21. The summed E-state index contributed by atoms with van der Waals surface area (Å²) in [4.78, 5) is 27.3. The predicted molar refractivity (Wildman–Crippen MR) is 98.4 cm³/mol. The van der Waals surface area contributed by atoms with Crippen LogP contribution in [-0.2, 0) is 14.3 Å². The molecule has 25 heavy (non-hydrogen) atoms. The molecular formula is C19H20N2O3S. The van der Waals surface area contributed by atoms with Crippen LogP contribution in [0.5, 0.6) is 0 Å². The molecule has 0 spiro atoms. The van der Waals surface area contributed by atoms with Gasteiger partial charge in [-0.15, -0.1) is 11.8 Å². The Labute approximate surface area is 151 Å². The van der Waals surface area contributed by atoms with E-state index in [2.05, 4.69) is 0 Å². The van der Waals surface area contributed by atoms with Crippen molar-refractivity contribution >= 4 is 29.3 Å². The predicted octanol–water partition coefficient (Wildman–Crippen LogP) is 2.76. The fourth-order valence-electron chi connectivity index (χ4n) is 2.83. The van der Waals surface area contributed by atoms with Gasteiger partial charge >= 0.3 is 5.97 Å². The van der Waals surface area contributed by atoms with Crippen molar-refractivity contribution in [3.63, 3.8) is 0 Å². The summed E-state index contributed by atoms with van der Waals surface area (Å²) in [5.74, 6) is -0.722. The third-order valence-electron chi connectivity index (χ3n) is 4.01. The summed E-state index contributed by atoms with van der Waals surface area (Å²) < 4.78 is 5.02. The molecule has 0 fully saturated rings. The van der Waals surface area contributed by atoms with Gasteiger partial charge < -0.3 is 10.5 Å². The van der Waals surface area contributed by atoms with Crippen LogP contribution >= 0.6 is 11.8 Å². The smallest absolute Gasteiger partial charge is 0.326 e. The Morgan fingerprint density at radius 2 is 1.84 bits per heavy atom. The van der Waals surface area contributed by atoms with Crippen molar-refractivity contribution in [2.45, 2.75) is 23.1 Å². The third kappa shape index (κ3) is 3.70. The second-order valence-electron chi connectivity index (χ2n) is 5.67. The van der Waals surface area contributed by atoms with Crippen LogP contribution in [0.4, 0.5) is 5.69 Å². The molecule has 0 bridgehead atoms. The Morgan fingerprint density at radius 1 is 1.16 bits per heavy atom. The number of para-hydroxylation sites is 1. The number of esters is 1. The van der Waals surface area contributed by atoms with Gasteiger partial charge in [-0.3, -0.25) is 14.5 Å². The zero-order valence-corrected chi connectivity index (χ0v) is 14.7. The zero-order chi connectivity index (χ0) is 17.8. The molecule has 6 heteroatoms. The molecule has 1 aliphatic heterocycles. The van der Waals surface area contributed by atoms with Crippen molar-refractivity contribution in [1.82, 2.24) is 0 Å². The van der Waals surface area contributed by atoms with Gasteiger partial charge in [-0.25, -0.2) is 0 Å². The molecule has 130 valence electrons. The van der Waals surface area contributed by atoms with E-state index in [0.717, 1.165) is 10.5 Å². The highest BCUT2D eigenvalue weighted by molar-refractivity contribution is 7.99. The lowest BCUT2D eigenvalue weighted by Gasteiger charge is -2.24. The number of carbonyl (C=O) groups excluding carboxylic acids is 2. The maximum atomic E-state index is 13.0. The van der Waals surface area contributed by atoms with Gasteiger partial charge in [0, 0.05) is 4.90 Å². The molecule has 0 unspecified atom stereocenters. The van der Waals surface area contributed by atoms with Gasteiger partial charge in [0.25, 0.3) is 0 Å². The maximum absolute atomic E-state index is 13.0. The van der Waals surface area contributed by atoms with Crippen molar-refractivity contribution in [3.8, 4) is 0 Å². The Balaban J connectivity index is 2.00. The van der Waals surface area contributed by atoms with E-state index in [4.69, 9.17) is 10.5 Å². The van der Waals surface area contributed by atoms with Crippen LogP contribution in [0.1, 0.15) is 17.7 Å². The third-order valence-corrected chi connectivity index (χ3v) is 5.43. The number of nitrogens with two attached hydrogens (primary N) is 1. The first-order valence-corrected chi connectivity index (χ1v) is 9.03. The average Bonchev–Trinajstić information content (AvgIpc) is 2.73. The number of hydrogen-bond acceptors (Lipinski definition) is 5. The number of ether oxygens (including phenoxy) is 1. The number of fused-ring (bicyclic) bond motifs is 1. The molecule has 3 rings (SSSR count). The highest BCUT2D eigenvalue weighted by Gasteiger charge is 2.36. The summed E-state index contributed by atoms with van der Waals surface area (Å²) in [5.41, 5.74) is 7.99. The van der Waals surface area contributed by atoms with E-state index in [9.17, 15) is 9.59 Å². The number of amides is 1. The second kappa shape index (κ2) is 7.72. The average molecular weight is 356 g/mol. The number of anilines is 1. The monoisotopic (exact) mass is 356 g/mol. The van der Waals surface area contributed by atoms with Crippen LogP contribution in [-0.4, -0.2) is 31.1 Å². The quantitative estimate of drug-likeness (QED) is 0.853. The molecule has 0 saturated heterocycles. The molecule has 0 saturated carbocycles. The highest BCUT2D eigenvalue weighted by atomic mass is 32.2. The van der Waals surface area contributed by atoms with Gasteiger partial charge in [0.05, 0.1) is 17.5 Å². The zero-order valence-electron chi connectivity index (χ0n) is 13.9. The van der Waals surface area contributed by atoms with Gasteiger partial charge in [0.1, 0.15) is 12.6 Å². The molecule has 1 amide bonds. The number of rotatable bonds is 4. The van der Waals surface area contributed by atoms with Crippen LogP contribution in [0.3, 0.4) is 0 Å². The first-order chi connectivity index (χ1) is 12.1. The summed E-state index contributed by atoms with van der Waals surface area (Å²) in [6.45, 7) is 1.87. The van der Waals surface area contributed by atoms with E-state index < -0.39 is 12.0 Å². The number of hydrogen-bond donors (Lipinski definition) is 1. The summed E-state index contributed by atoms with van der Waals surface area (Å²) in [6.07, 6.45) is 0. The first-order valence-electron chi connectivity index (χ1n) is 8.15. The summed E-state index contributed by atoms with van der Waals surface area (Å²) >= 11 is 1.55. The van der Waals surface area contributed by atoms with Gasteiger partial charge in [-0.1, -0.05) is 42.5 Å². The molecule has 0 radical (unpaired) electrons. The highest BCUT2D eigenvalue weighted by Crippen LogP contribution is 2.44.